The zero-order valence-electron chi connectivity index (χ0n) is 17.1. The number of ether oxygens (including phenoxy) is 1. The summed E-state index contributed by atoms with van der Waals surface area (Å²) in [5.41, 5.74) is 2.60. The molecule has 0 fully saturated rings. The predicted octanol–water partition coefficient (Wildman–Crippen LogP) is 5.02. The third kappa shape index (κ3) is 4.78. The van der Waals surface area contributed by atoms with E-state index in [1.165, 1.54) is 0 Å². The van der Waals surface area contributed by atoms with E-state index in [1.807, 2.05) is 61.5 Å². The minimum absolute atomic E-state index is 0.169. The van der Waals surface area contributed by atoms with Crippen LogP contribution in [0.1, 0.15) is 33.1 Å². The molecule has 2 aromatic heterocycles. The van der Waals surface area contributed by atoms with E-state index < -0.39 is 5.91 Å². The van der Waals surface area contributed by atoms with Crippen LogP contribution in [-0.4, -0.2) is 20.8 Å². The van der Waals surface area contributed by atoms with Crippen molar-refractivity contribution in [2.75, 3.05) is 5.32 Å². The van der Waals surface area contributed by atoms with Crippen LogP contribution in [-0.2, 0) is 13.2 Å². The summed E-state index contributed by atoms with van der Waals surface area (Å²) in [5, 5.41) is 11.9. The zero-order valence-corrected chi connectivity index (χ0v) is 17.9. The molecule has 7 nitrogen and oxygen atoms in total. The van der Waals surface area contributed by atoms with Crippen molar-refractivity contribution in [2.45, 2.75) is 27.0 Å². The lowest BCUT2D eigenvalue weighted by atomic mass is 10.2. The van der Waals surface area contributed by atoms with Crippen molar-refractivity contribution in [3.63, 3.8) is 0 Å². The Bertz CT molecular complexity index is 1200. The first-order chi connectivity index (χ1) is 15.0. The standard InChI is InChI=1S/C23H21ClN4O3/c1-15-12-21(26-28(15)13-17-8-6-7-11-20(17)24)25-23(29)22-19(16(2)31-27-22)14-30-18-9-4-3-5-10-18/h3-12H,13-14H2,1-2H3,(H,25,26,29). The molecule has 4 rings (SSSR count). The number of benzene rings is 2. The third-order valence-corrected chi connectivity index (χ3v) is 5.20. The number of aromatic nitrogens is 3. The molecule has 0 unspecified atom stereocenters. The molecule has 0 saturated heterocycles. The smallest absolute Gasteiger partial charge is 0.279 e. The van der Waals surface area contributed by atoms with Crippen LogP contribution in [0.4, 0.5) is 5.82 Å². The number of hydrogen-bond acceptors (Lipinski definition) is 5. The summed E-state index contributed by atoms with van der Waals surface area (Å²) in [7, 11) is 0. The topological polar surface area (TPSA) is 82.2 Å². The number of amides is 1. The molecule has 4 aromatic rings. The Morgan fingerprint density at radius 2 is 1.87 bits per heavy atom. The van der Waals surface area contributed by atoms with Gasteiger partial charge in [-0.2, -0.15) is 5.10 Å². The van der Waals surface area contributed by atoms with Gasteiger partial charge in [0.25, 0.3) is 5.91 Å². The second kappa shape index (κ2) is 9.06. The zero-order chi connectivity index (χ0) is 21.8. The molecule has 31 heavy (non-hydrogen) atoms. The largest absolute Gasteiger partial charge is 0.489 e. The fourth-order valence-corrected chi connectivity index (χ4v) is 3.30. The second-order valence-electron chi connectivity index (χ2n) is 7.04. The number of carbonyl (C=O) groups is 1. The highest BCUT2D eigenvalue weighted by molar-refractivity contribution is 6.31. The molecule has 0 bridgehead atoms. The summed E-state index contributed by atoms with van der Waals surface area (Å²) in [6.45, 7) is 4.33. The Labute approximate surface area is 184 Å². The molecule has 8 heteroatoms. The monoisotopic (exact) mass is 436 g/mol. The van der Waals surface area contributed by atoms with Gasteiger partial charge in [-0.15, -0.1) is 0 Å². The number of halogens is 1. The van der Waals surface area contributed by atoms with Gasteiger partial charge in [-0.1, -0.05) is 53.2 Å². The molecule has 0 spiro atoms. The molecule has 0 aliphatic heterocycles. The molecule has 0 atom stereocenters. The average Bonchev–Trinajstić information content (AvgIpc) is 3.30. The van der Waals surface area contributed by atoms with E-state index in [4.69, 9.17) is 20.9 Å². The molecular weight excluding hydrogens is 416 g/mol. The summed E-state index contributed by atoms with van der Waals surface area (Å²) >= 11 is 6.25. The third-order valence-electron chi connectivity index (χ3n) is 4.83. The number of nitrogens with zero attached hydrogens (tertiary/aromatic N) is 3. The molecule has 158 valence electrons. The number of anilines is 1. The normalized spacial score (nSPS) is 10.8. The fourth-order valence-electron chi connectivity index (χ4n) is 3.11. The van der Waals surface area contributed by atoms with Gasteiger partial charge in [0, 0.05) is 16.8 Å². The minimum atomic E-state index is -0.411. The van der Waals surface area contributed by atoms with E-state index >= 15 is 0 Å². The molecule has 0 radical (unpaired) electrons. The number of para-hydroxylation sites is 1. The van der Waals surface area contributed by atoms with Crippen LogP contribution in [0, 0.1) is 13.8 Å². The molecule has 1 N–H and O–H groups in total. The van der Waals surface area contributed by atoms with Crippen molar-refractivity contribution in [1.29, 1.82) is 0 Å². The molecule has 2 aromatic carbocycles. The Morgan fingerprint density at radius 3 is 2.65 bits per heavy atom. The lowest BCUT2D eigenvalue weighted by Gasteiger charge is -2.07. The highest BCUT2D eigenvalue weighted by atomic mass is 35.5. The van der Waals surface area contributed by atoms with Crippen molar-refractivity contribution in [2.24, 2.45) is 0 Å². The van der Waals surface area contributed by atoms with E-state index in [1.54, 1.807) is 17.7 Å². The molecule has 0 aliphatic carbocycles. The molecule has 0 aliphatic rings. The van der Waals surface area contributed by atoms with Gasteiger partial charge in [0.1, 0.15) is 18.1 Å². The van der Waals surface area contributed by atoms with Crippen LogP contribution in [0.5, 0.6) is 5.75 Å². The molecule has 1 amide bonds. The number of nitrogens with one attached hydrogen (secondary N) is 1. The summed E-state index contributed by atoms with van der Waals surface area (Å²) in [5.74, 6) is 1.24. The van der Waals surface area contributed by atoms with Gasteiger partial charge in [-0.3, -0.25) is 9.48 Å². The van der Waals surface area contributed by atoms with Crippen LogP contribution < -0.4 is 10.1 Å². The van der Waals surface area contributed by atoms with Crippen molar-refractivity contribution < 1.29 is 14.1 Å². The van der Waals surface area contributed by atoms with Gasteiger partial charge in [-0.25, -0.2) is 0 Å². The van der Waals surface area contributed by atoms with Gasteiger partial charge in [0.15, 0.2) is 11.5 Å². The Hall–Kier alpha value is -3.58. The highest BCUT2D eigenvalue weighted by Gasteiger charge is 2.21. The minimum Gasteiger partial charge on any atom is -0.489 e. The van der Waals surface area contributed by atoms with E-state index in [0.717, 1.165) is 11.3 Å². The van der Waals surface area contributed by atoms with Crippen LogP contribution in [0.2, 0.25) is 5.02 Å². The first kappa shape index (κ1) is 20.7. The van der Waals surface area contributed by atoms with Gasteiger partial charge in [0.2, 0.25) is 0 Å². The van der Waals surface area contributed by atoms with Crippen molar-refractivity contribution in [3.05, 3.63) is 94.0 Å². The van der Waals surface area contributed by atoms with Crippen molar-refractivity contribution in [1.82, 2.24) is 14.9 Å². The van der Waals surface area contributed by atoms with Crippen molar-refractivity contribution in [3.8, 4) is 5.75 Å². The molecule has 2 heterocycles. The first-order valence-electron chi connectivity index (χ1n) is 9.73. The maximum Gasteiger partial charge on any atom is 0.279 e. The second-order valence-corrected chi connectivity index (χ2v) is 7.45. The maximum absolute atomic E-state index is 12.8. The molecule has 0 saturated carbocycles. The fraction of sp³-hybridized carbons (Fsp3) is 0.174. The summed E-state index contributed by atoms with van der Waals surface area (Å²) < 4.78 is 12.8. The van der Waals surface area contributed by atoms with Crippen LogP contribution in [0.15, 0.2) is 65.2 Å². The predicted molar refractivity (Wildman–Crippen MR) is 117 cm³/mol. The summed E-state index contributed by atoms with van der Waals surface area (Å²) in [6, 6.07) is 18.7. The highest BCUT2D eigenvalue weighted by Crippen LogP contribution is 2.21. The number of rotatable bonds is 7. The number of aryl methyl sites for hydroxylation is 2. The Kier molecular flexibility index (Phi) is 6.04. The Balaban J connectivity index is 1.47. The summed E-state index contributed by atoms with van der Waals surface area (Å²) in [6.07, 6.45) is 0. The van der Waals surface area contributed by atoms with E-state index in [9.17, 15) is 4.79 Å². The van der Waals surface area contributed by atoms with E-state index in [2.05, 4.69) is 15.6 Å². The average molecular weight is 437 g/mol. The van der Waals surface area contributed by atoms with Crippen molar-refractivity contribution >= 4 is 23.3 Å². The van der Waals surface area contributed by atoms with Crippen LogP contribution in [0.3, 0.4) is 0 Å². The number of hydrogen-bond donors (Lipinski definition) is 1. The van der Waals surface area contributed by atoms with Gasteiger partial charge < -0.3 is 14.6 Å². The van der Waals surface area contributed by atoms with E-state index in [-0.39, 0.29) is 12.3 Å². The van der Waals surface area contributed by atoms with Gasteiger partial charge >= 0.3 is 0 Å². The van der Waals surface area contributed by atoms with Gasteiger partial charge in [-0.05, 0) is 37.6 Å². The summed E-state index contributed by atoms with van der Waals surface area (Å²) in [4.78, 5) is 12.8. The molecular formula is C23H21ClN4O3. The lowest BCUT2D eigenvalue weighted by Crippen LogP contribution is -2.16. The maximum atomic E-state index is 12.8. The SMILES string of the molecule is Cc1onc(C(=O)Nc2cc(C)n(Cc3ccccc3Cl)n2)c1COc1ccccc1. The van der Waals surface area contributed by atoms with E-state index in [0.29, 0.717) is 34.5 Å². The lowest BCUT2D eigenvalue weighted by molar-refractivity contribution is 0.101. The van der Waals surface area contributed by atoms with Crippen LogP contribution >= 0.6 is 11.6 Å². The number of carbonyl (C=O) groups excluding carboxylic acids is 1. The Morgan fingerprint density at radius 1 is 1.13 bits per heavy atom. The van der Waals surface area contributed by atoms with Crippen LogP contribution in [0.25, 0.3) is 0 Å². The first-order valence-corrected chi connectivity index (χ1v) is 10.1. The quantitative estimate of drug-likeness (QED) is 0.439. The van der Waals surface area contributed by atoms with Gasteiger partial charge in [0.05, 0.1) is 12.1 Å².